The molecule has 4 saturated carbocycles. The number of carbonyl (C=O) groups excluding carboxylic acids is 2. The van der Waals surface area contributed by atoms with Crippen molar-refractivity contribution in [2.45, 2.75) is 83.2 Å². The zero-order chi connectivity index (χ0) is 20.2. The molecule has 1 aliphatic heterocycles. The Labute approximate surface area is 165 Å². The van der Waals surface area contributed by atoms with Crippen LogP contribution in [-0.2, 0) is 14.3 Å². The average molecular weight is 392 g/mol. The van der Waals surface area contributed by atoms with Crippen LogP contribution in [0.15, 0.2) is 0 Å². The molecule has 5 aliphatic rings. The first-order valence-corrected chi connectivity index (χ1v) is 10.9. The summed E-state index contributed by atoms with van der Waals surface area (Å²) in [5.41, 5.74) is -2.32. The molecule has 3 N–H and O–H groups in total. The van der Waals surface area contributed by atoms with Crippen molar-refractivity contribution in [3.63, 3.8) is 0 Å². The highest BCUT2D eigenvalue weighted by molar-refractivity contribution is 5.89. The lowest BCUT2D eigenvalue weighted by Gasteiger charge is -2.63. The number of ketones is 1. The van der Waals surface area contributed by atoms with Gasteiger partial charge in [-0.05, 0) is 48.9 Å². The van der Waals surface area contributed by atoms with Crippen molar-refractivity contribution in [3.05, 3.63) is 0 Å². The van der Waals surface area contributed by atoms with E-state index < -0.39 is 23.2 Å². The van der Waals surface area contributed by atoms with E-state index in [1.807, 2.05) is 13.8 Å². The lowest BCUT2D eigenvalue weighted by atomic mass is 9.42. The van der Waals surface area contributed by atoms with Gasteiger partial charge in [-0.15, -0.1) is 0 Å². The second-order valence-corrected chi connectivity index (χ2v) is 10.9. The molecular weight excluding hydrogens is 360 g/mol. The number of aliphatic hydroxyl groups is 3. The predicted molar refractivity (Wildman–Crippen MR) is 98.9 cm³/mol. The third-order valence-corrected chi connectivity index (χ3v) is 9.93. The van der Waals surface area contributed by atoms with Crippen molar-refractivity contribution in [1.82, 2.24) is 0 Å². The van der Waals surface area contributed by atoms with Gasteiger partial charge in [-0.25, -0.2) is 0 Å². The Morgan fingerprint density at radius 2 is 1.75 bits per heavy atom. The zero-order valence-corrected chi connectivity index (χ0v) is 16.9. The number of ether oxygens (including phenoxy) is 1. The maximum Gasteiger partial charge on any atom is 0.309 e. The van der Waals surface area contributed by atoms with Gasteiger partial charge in [0, 0.05) is 24.2 Å². The number of hydrogen-bond acceptors (Lipinski definition) is 6. The van der Waals surface area contributed by atoms with Crippen molar-refractivity contribution < 1.29 is 29.6 Å². The first-order valence-electron chi connectivity index (χ1n) is 10.9. The lowest BCUT2D eigenvalue weighted by Crippen LogP contribution is -2.69. The minimum Gasteiger partial charge on any atom is -0.462 e. The Balaban J connectivity index is 1.52. The monoisotopic (exact) mass is 392 g/mol. The standard InChI is InChI=1S/C22H32O6/c1-10-18-16(28-19(10)26)7-13-11-6-17(25)22(27)9-15(24)14(23)8-21(22,3)12(11)4-5-20(13,18)2/h10-16,18,23-24,27H,4-9H2,1-3H3/t10-,11+,12-,13-,14+,15-,16-,18-,20-,21+,22-/m0/s1. The molecule has 6 nitrogen and oxygen atoms in total. The first kappa shape index (κ1) is 19.0. The van der Waals surface area contributed by atoms with E-state index in [9.17, 15) is 24.9 Å². The van der Waals surface area contributed by atoms with Crippen LogP contribution < -0.4 is 0 Å². The second-order valence-electron chi connectivity index (χ2n) is 10.9. The fourth-order valence-electron chi connectivity index (χ4n) is 8.49. The van der Waals surface area contributed by atoms with Crippen LogP contribution in [0.25, 0.3) is 0 Å². The third kappa shape index (κ3) is 2.04. The molecule has 5 rings (SSSR count). The van der Waals surface area contributed by atoms with Gasteiger partial charge in [0.2, 0.25) is 0 Å². The molecule has 0 radical (unpaired) electrons. The van der Waals surface area contributed by atoms with Crippen molar-refractivity contribution in [2.24, 2.45) is 40.4 Å². The maximum absolute atomic E-state index is 13.2. The van der Waals surface area contributed by atoms with Crippen molar-refractivity contribution in [2.75, 3.05) is 0 Å². The number of aliphatic hydroxyl groups excluding tert-OH is 2. The molecule has 0 aromatic carbocycles. The van der Waals surface area contributed by atoms with Crippen LogP contribution in [0, 0.1) is 40.4 Å². The Hall–Kier alpha value is -0.980. The van der Waals surface area contributed by atoms with Gasteiger partial charge in [0.15, 0.2) is 5.78 Å². The number of Topliss-reactive ketones (excluding diaryl/α,β-unsaturated/α-hetero) is 1. The van der Waals surface area contributed by atoms with Gasteiger partial charge in [-0.2, -0.15) is 0 Å². The Morgan fingerprint density at radius 3 is 2.46 bits per heavy atom. The van der Waals surface area contributed by atoms with Crippen LogP contribution >= 0.6 is 0 Å². The molecule has 0 amide bonds. The zero-order valence-electron chi connectivity index (χ0n) is 16.9. The van der Waals surface area contributed by atoms with Crippen LogP contribution in [0.1, 0.15) is 59.3 Å². The Morgan fingerprint density at radius 1 is 1.07 bits per heavy atom. The number of fused-ring (bicyclic) bond motifs is 7. The molecule has 11 atom stereocenters. The first-order chi connectivity index (χ1) is 13.0. The van der Waals surface area contributed by atoms with Gasteiger partial charge >= 0.3 is 5.97 Å². The number of esters is 1. The van der Waals surface area contributed by atoms with Gasteiger partial charge in [0.25, 0.3) is 0 Å². The fraction of sp³-hybridized carbons (Fsp3) is 0.909. The van der Waals surface area contributed by atoms with E-state index >= 15 is 0 Å². The largest absolute Gasteiger partial charge is 0.462 e. The van der Waals surface area contributed by atoms with Gasteiger partial charge in [-0.1, -0.05) is 20.8 Å². The Kier molecular flexibility index (Phi) is 3.79. The molecule has 0 aromatic heterocycles. The van der Waals surface area contributed by atoms with E-state index in [1.54, 1.807) is 0 Å². The van der Waals surface area contributed by atoms with Crippen LogP contribution in [-0.4, -0.2) is 51.0 Å². The molecular formula is C22H32O6. The van der Waals surface area contributed by atoms with Crippen molar-refractivity contribution >= 4 is 11.8 Å². The summed E-state index contributed by atoms with van der Waals surface area (Å²) in [6.07, 6.45) is 1.09. The fourth-order valence-corrected chi connectivity index (χ4v) is 8.49. The summed E-state index contributed by atoms with van der Waals surface area (Å²) in [7, 11) is 0. The average Bonchev–Trinajstić information content (AvgIpc) is 3.06. The molecule has 0 spiro atoms. The molecule has 0 bridgehead atoms. The molecule has 0 aromatic rings. The van der Waals surface area contributed by atoms with Gasteiger partial charge < -0.3 is 20.1 Å². The number of hydrogen-bond donors (Lipinski definition) is 3. The van der Waals surface area contributed by atoms with E-state index in [0.717, 1.165) is 19.3 Å². The van der Waals surface area contributed by atoms with Gasteiger partial charge in [0.05, 0.1) is 18.1 Å². The Bertz CT molecular complexity index is 737. The smallest absolute Gasteiger partial charge is 0.309 e. The molecule has 0 unspecified atom stereocenters. The molecule has 1 saturated heterocycles. The van der Waals surface area contributed by atoms with E-state index in [1.165, 1.54) is 0 Å². The van der Waals surface area contributed by atoms with E-state index in [4.69, 9.17) is 4.74 Å². The quantitative estimate of drug-likeness (QED) is 0.539. The normalized spacial score (nSPS) is 60.5. The van der Waals surface area contributed by atoms with Gasteiger partial charge in [-0.3, -0.25) is 9.59 Å². The lowest BCUT2D eigenvalue weighted by molar-refractivity contribution is -0.230. The molecule has 156 valence electrons. The topological polar surface area (TPSA) is 104 Å². The van der Waals surface area contributed by atoms with Crippen LogP contribution in [0.3, 0.4) is 0 Å². The highest BCUT2D eigenvalue weighted by Gasteiger charge is 2.71. The molecule has 6 heteroatoms. The number of carbonyl (C=O) groups is 2. The summed E-state index contributed by atoms with van der Waals surface area (Å²) in [6.45, 7) is 6.18. The SMILES string of the molecule is C[C@@H]1C(=O)O[C@H]2C[C@H]3[C@@H]4CC(=O)[C@@]5(O)C[C@H](O)[C@H](O)C[C@]5(C)[C@H]4CC[C@]3(C)[C@H]21. The van der Waals surface area contributed by atoms with Crippen molar-refractivity contribution in [3.8, 4) is 0 Å². The van der Waals surface area contributed by atoms with Crippen LogP contribution in [0.4, 0.5) is 0 Å². The maximum atomic E-state index is 13.2. The summed E-state index contributed by atoms with van der Waals surface area (Å²) in [6, 6.07) is 0. The molecule has 5 fully saturated rings. The minimum absolute atomic E-state index is 0.0314. The summed E-state index contributed by atoms with van der Waals surface area (Å²) >= 11 is 0. The summed E-state index contributed by atoms with van der Waals surface area (Å²) in [5, 5.41) is 31.9. The molecule has 28 heavy (non-hydrogen) atoms. The van der Waals surface area contributed by atoms with Crippen LogP contribution in [0.2, 0.25) is 0 Å². The van der Waals surface area contributed by atoms with Crippen molar-refractivity contribution in [1.29, 1.82) is 0 Å². The van der Waals surface area contributed by atoms with Crippen LogP contribution in [0.5, 0.6) is 0 Å². The van der Waals surface area contributed by atoms with E-state index in [2.05, 4.69) is 6.92 Å². The predicted octanol–water partition coefficient (Wildman–Crippen LogP) is 1.44. The second kappa shape index (κ2) is 5.58. The summed E-state index contributed by atoms with van der Waals surface area (Å²) in [5.74, 6) is 0.362. The third-order valence-electron chi connectivity index (χ3n) is 9.93. The van der Waals surface area contributed by atoms with Gasteiger partial charge in [0.1, 0.15) is 11.7 Å². The van der Waals surface area contributed by atoms with E-state index in [-0.39, 0.29) is 65.7 Å². The summed E-state index contributed by atoms with van der Waals surface area (Å²) in [4.78, 5) is 25.3. The highest BCUT2D eigenvalue weighted by Crippen LogP contribution is 2.69. The summed E-state index contributed by atoms with van der Waals surface area (Å²) < 4.78 is 5.70. The molecule has 4 aliphatic carbocycles. The van der Waals surface area contributed by atoms with E-state index in [0.29, 0.717) is 6.42 Å². The number of rotatable bonds is 0. The highest BCUT2D eigenvalue weighted by atomic mass is 16.6. The minimum atomic E-state index is -1.56. The molecule has 1 heterocycles.